The number of carbonyl (C=O) groups excluding carboxylic acids is 2. The summed E-state index contributed by atoms with van der Waals surface area (Å²) in [6.07, 6.45) is 7.12. The molecule has 0 atom stereocenters. The van der Waals surface area contributed by atoms with E-state index in [2.05, 4.69) is 13.2 Å². The van der Waals surface area contributed by atoms with Crippen LogP contribution in [-0.4, -0.2) is 25.2 Å². The number of rotatable bonds is 6. The van der Waals surface area contributed by atoms with Gasteiger partial charge in [0.1, 0.15) is 13.2 Å². The lowest BCUT2D eigenvalue weighted by molar-refractivity contribution is -0.170. The van der Waals surface area contributed by atoms with Crippen molar-refractivity contribution < 1.29 is 19.1 Å². The Morgan fingerprint density at radius 3 is 1.82 bits per heavy atom. The standard InChI is InChI=1S/C13H16O4/c1-3-9-16-11(14)13(7-5-6-8-13)12(15)17-10-4-2/h3-6H,1-2,7-10H2. The van der Waals surface area contributed by atoms with E-state index in [0.717, 1.165) is 0 Å². The summed E-state index contributed by atoms with van der Waals surface area (Å²) in [7, 11) is 0. The fourth-order valence-electron chi connectivity index (χ4n) is 1.61. The molecule has 0 amide bonds. The van der Waals surface area contributed by atoms with Crippen LogP contribution < -0.4 is 0 Å². The van der Waals surface area contributed by atoms with Gasteiger partial charge in [-0.25, -0.2) is 0 Å². The van der Waals surface area contributed by atoms with Gasteiger partial charge in [-0.3, -0.25) is 9.59 Å². The number of hydrogen-bond donors (Lipinski definition) is 0. The van der Waals surface area contributed by atoms with Gasteiger partial charge in [0.15, 0.2) is 5.41 Å². The van der Waals surface area contributed by atoms with Gasteiger partial charge in [-0.15, -0.1) is 0 Å². The molecule has 0 radical (unpaired) electrons. The molecular weight excluding hydrogens is 220 g/mol. The second-order valence-electron chi connectivity index (χ2n) is 3.74. The molecule has 0 aliphatic heterocycles. The minimum absolute atomic E-state index is 0.0926. The molecule has 0 aromatic carbocycles. The Bertz CT molecular complexity index is 320. The lowest BCUT2D eigenvalue weighted by Gasteiger charge is -2.23. The number of ether oxygens (including phenoxy) is 2. The molecule has 0 fully saturated rings. The summed E-state index contributed by atoms with van der Waals surface area (Å²) in [4.78, 5) is 23.8. The van der Waals surface area contributed by atoms with Gasteiger partial charge in [0, 0.05) is 0 Å². The lowest BCUT2D eigenvalue weighted by atomic mass is 9.85. The molecule has 0 bridgehead atoms. The molecule has 0 N–H and O–H groups in total. The van der Waals surface area contributed by atoms with E-state index < -0.39 is 17.4 Å². The SMILES string of the molecule is C=CCOC(=O)C1(C(=O)OCC=C)CC=CC1. The second-order valence-corrected chi connectivity index (χ2v) is 3.74. The van der Waals surface area contributed by atoms with Gasteiger partial charge >= 0.3 is 11.9 Å². The van der Waals surface area contributed by atoms with E-state index in [1.165, 1.54) is 12.2 Å². The van der Waals surface area contributed by atoms with Crippen molar-refractivity contribution in [2.45, 2.75) is 12.8 Å². The Labute approximate surface area is 101 Å². The summed E-state index contributed by atoms with van der Waals surface area (Å²) in [6, 6.07) is 0. The highest BCUT2D eigenvalue weighted by Crippen LogP contribution is 2.36. The van der Waals surface area contributed by atoms with E-state index in [1.54, 1.807) is 12.2 Å². The maximum atomic E-state index is 11.9. The topological polar surface area (TPSA) is 52.6 Å². The van der Waals surface area contributed by atoms with Crippen LogP contribution in [0.15, 0.2) is 37.5 Å². The summed E-state index contributed by atoms with van der Waals surface area (Å²) < 4.78 is 9.91. The summed E-state index contributed by atoms with van der Waals surface area (Å²) >= 11 is 0. The molecule has 1 aliphatic carbocycles. The summed E-state index contributed by atoms with van der Waals surface area (Å²) in [6.45, 7) is 7.09. The molecule has 17 heavy (non-hydrogen) atoms. The third kappa shape index (κ3) is 2.84. The van der Waals surface area contributed by atoms with E-state index in [4.69, 9.17) is 9.47 Å². The van der Waals surface area contributed by atoms with Crippen LogP contribution in [0.5, 0.6) is 0 Å². The summed E-state index contributed by atoms with van der Waals surface area (Å²) in [5.74, 6) is -1.12. The van der Waals surface area contributed by atoms with Crippen LogP contribution in [0.25, 0.3) is 0 Å². The predicted octanol–water partition coefficient (Wildman–Crippen LogP) is 1.78. The van der Waals surface area contributed by atoms with E-state index in [0.29, 0.717) is 12.8 Å². The molecule has 0 aromatic rings. The molecule has 0 unspecified atom stereocenters. The van der Waals surface area contributed by atoms with Gasteiger partial charge in [-0.2, -0.15) is 0 Å². The molecule has 1 aliphatic rings. The van der Waals surface area contributed by atoms with Crippen molar-refractivity contribution in [1.29, 1.82) is 0 Å². The molecule has 4 heteroatoms. The lowest BCUT2D eigenvalue weighted by Crippen LogP contribution is -2.40. The monoisotopic (exact) mass is 236 g/mol. The Morgan fingerprint density at radius 2 is 1.47 bits per heavy atom. The Balaban J connectivity index is 2.74. The smallest absolute Gasteiger partial charge is 0.324 e. The minimum Gasteiger partial charge on any atom is -0.461 e. The van der Waals surface area contributed by atoms with E-state index in [1.807, 2.05) is 0 Å². The molecule has 0 spiro atoms. The van der Waals surface area contributed by atoms with Crippen molar-refractivity contribution in [2.24, 2.45) is 5.41 Å². The zero-order valence-corrected chi connectivity index (χ0v) is 9.69. The van der Waals surface area contributed by atoms with E-state index >= 15 is 0 Å². The molecule has 1 rings (SSSR count). The highest BCUT2D eigenvalue weighted by Gasteiger charge is 2.49. The molecule has 4 nitrogen and oxygen atoms in total. The molecule has 0 saturated heterocycles. The zero-order chi connectivity index (χ0) is 12.7. The van der Waals surface area contributed by atoms with Crippen LogP contribution in [-0.2, 0) is 19.1 Å². The first-order valence-corrected chi connectivity index (χ1v) is 5.38. The van der Waals surface area contributed by atoms with Crippen LogP contribution in [0.1, 0.15) is 12.8 Å². The minimum atomic E-state index is -1.22. The molecule has 92 valence electrons. The van der Waals surface area contributed by atoms with Crippen molar-refractivity contribution in [2.75, 3.05) is 13.2 Å². The molecule has 0 saturated carbocycles. The maximum absolute atomic E-state index is 11.9. The first-order chi connectivity index (χ1) is 8.17. The molecular formula is C13H16O4. The first kappa shape index (κ1) is 13.2. The van der Waals surface area contributed by atoms with Crippen LogP contribution in [0.4, 0.5) is 0 Å². The third-order valence-electron chi connectivity index (χ3n) is 2.55. The average Bonchev–Trinajstić information content (AvgIpc) is 2.83. The normalized spacial score (nSPS) is 16.2. The maximum Gasteiger partial charge on any atom is 0.324 e. The van der Waals surface area contributed by atoms with Gasteiger partial charge < -0.3 is 9.47 Å². The van der Waals surface area contributed by atoms with E-state index in [-0.39, 0.29) is 13.2 Å². The van der Waals surface area contributed by atoms with Gasteiger partial charge in [0.2, 0.25) is 0 Å². The third-order valence-corrected chi connectivity index (χ3v) is 2.55. The van der Waals surface area contributed by atoms with Crippen LogP contribution >= 0.6 is 0 Å². The summed E-state index contributed by atoms with van der Waals surface area (Å²) in [5, 5.41) is 0. The van der Waals surface area contributed by atoms with E-state index in [9.17, 15) is 9.59 Å². The zero-order valence-electron chi connectivity index (χ0n) is 9.69. The highest BCUT2D eigenvalue weighted by molar-refractivity contribution is 6.01. The van der Waals surface area contributed by atoms with Crippen molar-refractivity contribution in [3.63, 3.8) is 0 Å². The van der Waals surface area contributed by atoms with Gasteiger partial charge in [0.25, 0.3) is 0 Å². The Morgan fingerprint density at radius 1 is 1.06 bits per heavy atom. The number of esters is 2. The van der Waals surface area contributed by atoms with Crippen LogP contribution in [0.2, 0.25) is 0 Å². The Kier molecular flexibility index (Phi) is 4.69. The van der Waals surface area contributed by atoms with Crippen molar-refractivity contribution in [3.8, 4) is 0 Å². The fourth-order valence-corrected chi connectivity index (χ4v) is 1.61. The molecule has 0 aromatic heterocycles. The van der Waals surface area contributed by atoms with Crippen molar-refractivity contribution in [3.05, 3.63) is 37.5 Å². The Hall–Kier alpha value is -1.84. The van der Waals surface area contributed by atoms with Gasteiger partial charge in [-0.05, 0) is 12.8 Å². The predicted molar refractivity (Wildman–Crippen MR) is 63.1 cm³/mol. The van der Waals surface area contributed by atoms with Crippen LogP contribution in [0.3, 0.4) is 0 Å². The molecule has 0 heterocycles. The van der Waals surface area contributed by atoms with Crippen molar-refractivity contribution in [1.82, 2.24) is 0 Å². The van der Waals surface area contributed by atoms with Gasteiger partial charge in [0.05, 0.1) is 0 Å². The largest absolute Gasteiger partial charge is 0.461 e. The summed E-state index contributed by atoms with van der Waals surface area (Å²) in [5.41, 5.74) is -1.22. The number of hydrogen-bond acceptors (Lipinski definition) is 4. The van der Waals surface area contributed by atoms with Crippen LogP contribution in [0, 0.1) is 5.41 Å². The average molecular weight is 236 g/mol. The number of allylic oxidation sites excluding steroid dienone is 2. The fraction of sp³-hybridized carbons (Fsp3) is 0.385. The van der Waals surface area contributed by atoms with Gasteiger partial charge in [-0.1, -0.05) is 37.5 Å². The number of carbonyl (C=O) groups is 2. The second kappa shape index (κ2) is 6.03. The first-order valence-electron chi connectivity index (χ1n) is 5.38. The van der Waals surface area contributed by atoms with Crippen molar-refractivity contribution >= 4 is 11.9 Å². The quantitative estimate of drug-likeness (QED) is 0.401. The highest BCUT2D eigenvalue weighted by atomic mass is 16.6.